The third-order valence-electron chi connectivity index (χ3n) is 4.86. The molecule has 1 amide bonds. The number of nitrogens with one attached hydrogen (secondary N) is 2. The van der Waals surface area contributed by atoms with Gasteiger partial charge in [-0.2, -0.15) is 5.10 Å². The number of aryl methyl sites for hydroxylation is 1. The van der Waals surface area contributed by atoms with Crippen molar-refractivity contribution in [3.05, 3.63) is 89.5 Å². The lowest BCUT2D eigenvalue weighted by atomic mass is 10.0. The molecule has 1 atom stereocenters. The summed E-state index contributed by atoms with van der Waals surface area (Å²) < 4.78 is 33.4. The molecule has 1 unspecified atom stereocenters. The van der Waals surface area contributed by atoms with Crippen molar-refractivity contribution in [2.75, 3.05) is 7.11 Å². The third kappa shape index (κ3) is 6.41. The number of phenols is 1. The summed E-state index contributed by atoms with van der Waals surface area (Å²) in [5, 5.41) is 14.0. The van der Waals surface area contributed by atoms with Crippen LogP contribution in [0.2, 0.25) is 0 Å². The van der Waals surface area contributed by atoms with E-state index >= 15 is 0 Å². The van der Waals surface area contributed by atoms with E-state index in [2.05, 4.69) is 15.2 Å². The Morgan fingerprint density at radius 3 is 2.42 bits per heavy atom. The van der Waals surface area contributed by atoms with Gasteiger partial charge in [0, 0.05) is 12.0 Å². The Morgan fingerprint density at radius 1 is 1.06 bits per heavy atom. The molecule has 3 rings (SSSR count). The molecule has 0 heterocycles. The van der Waals surface area contributed by atoms with E-state index < -0.39 is 22.0 Å². The fraction of sp³-hybridized carbons (Fsp3) is 0.167. The predicted octanol–water partition coefficient (Wildman–Crippen LogP) is 3.27. The van der Waals surface area contributed by atoms with Crippen molar-refractivity contribution in [2.24, 2.45) is 5.10 Å². The van der Waals surface area contributed by atoms with Gasteiger partial charge >= 0.3 is 0 Å². The zero-order valence-corrected chi connectivity index (χ0v) is 19.0. The van der Waals surface area contributed by atoms with Gasteiger partial charge in [0.05, 0.1) is 24.3 Å². The topological polar surface area (TPSA) is 117 Å². The van der Waals surface area contributed by atoms with E-state index in [1.165, 1.54) is 25.5 Å². The van der Waals surface area contributed by atoms with Gasteiger partial charge in [0.25, 0.3) is 0 Å². The number of carbonyl (C=O) groups is 1. The summed E-state index contributed by atoms with van der Waals surface area (Å²) in [6.07, 6.45) is 1.10. The van der Waals surface area contributed by atoms with E-state index in [-0.39, 0.29) is 22.8 Å². The smallest absolute Gasteiger partial charge is 0.242 e. The summed E-state index contributed by atoms with van der Waals surface area (Å²) in [5.41, 5.74) is 4.30. The molecule has 3 aromatic rings. The minimum absolute atomic E-state index is 0.106. The minimum atomic E-state index is -3.86. The summed E-state index contributed by atoms with van der Waals surface area (Å²) in [6, 6.07) is 19.4. The first-order valence-electron chi connectivity index (χ1n) is 10.1. The van der Waals surface area contributed by atoms with Gasteiger partial charge in [-0.3, -0.25) is 4.79 Å². The van der Waals surface area contributed by atoms with E-state index in [9.17, 15) is 18.3 Å². The molecule has 0 aromatic heterocycles. The second-order valence-corrected chi connectivity index (χ2v) is 9.01. The van der Waals surface area contributed by atoms with E-state index in [1.54, 1.807) is 60.7 Å². The number of hydrogen-bond donors (Lipinski definition) is 3. The fourth-order valence-corrected chi connectivity index (χ4v) is 4.32. The normalized spacial score (nSPS) is 12.4. The Balaban J connectivity index is 1.74. The number of para-hydroxylation sites is 1. The number of phenolic OH excluding ortho intramolecular Hbond substituents is 1. The molecule has 33 heavy (non-hydrogen) atoms. The second-order valence-electron chi connectivity index (χ2n) is 7.29. The molecular weight excluding hydrogens is 442 g/mol. The van der Waals surface area contributed by atoms with Crippen molar-refractivity contribution in [3.63, 3.8) is 0 Å². The van der Waals surface area contributed by atoms with Gasteiger partial charge in [0.2, 0.25) is 15.9 Å². The van der Waals surface area contributed by atoms with Crippen LogP contribution in [0.3, 0.4) is 0 Å². The molecule has 0 radical (unpaired) electrons. The fourth-order valence-electron chi connectivity index (χ4n) is 3.10. The number of hydrazone groups is 1. The second kappa shape index (κ2) is 10.8. The van der Waals surface area contributed by atoms with Gasteiger partial charge in [-0.25, -0.2) is 18.6 Å². The Kier molecular flexibility index (Phi) is 7.81. The average molecular weight is 468 g/mol. The first kappa shape index (κ1) is 24.0. The highest BCUT2D eigenvalue weighted by Crippen LogP contribution is 2.28. The monoisotopic (exact) mass is 467 g/mol. The van der Waals surface area contributed by atoms with Crippen molar-refractivity contribution in [2.45, 2.75) is 24.3 Å². The van der Waals surface area contributed by atoms with Gasteiger partial charge in [-0.1, -0.05) is 54.1 Å². The minimum Gasteiger partial charge on any atom is -0.504 e. The zero-order chi connectivity index (χ0) is 23.8. The van der Waals surface area contributed by atoms with E-state index in [4.69, 9.17) is 4.74 Å². The molecule has 172 valence electrons. The Bertz CT molecular complexity index is 1230. The quantitative estimate of drug-likeness (QED) is 0.330. The van der Waals surface area contributed by atoms with Gasteiger partial charge in [0.1, 0.15) is 0 Å². The van der Waals surface area contributed by atoms with Gasteiger partial charge in [-0.15, -0.1) is 0 Å². The van der Waals surface area contributed by atoms with Crippen LogP contribution in [-0.4, -0.2) is 32.8 Å². The largest absolute Gasteiger partial charge is 0.504 e. The van der Waals surface area contributed by atoms with Crippen LogP contribution in [0.15, 0.2) is 82.8 Å². The number of nitrogens with zero attached hydrogens (tertiary/aromatic N) is 1. The Morgan fingerprint density at radius 2 is 1.76 bits per heavy atom. The lowest BCUT2D eigenvalue weighted by Crippen LogP contribution is -2.32. The summed E-state index contributed by atoms with van der Waals surface area (Å²) in [5.74, 6) is -0.333. The molecule has 8 nitrogen and oxygen atoms in total. The molecule has 3 aromatic carbocycles. The van der Waals surface area contributed by atoms with E-state index in [0.717, 1.165) is 5.56 Å². The van der Waals surface area contributed by atoms with Crippen LogP contribution in [-0.2, 0) is 14.8 Å². The van der Waals surface area contributed by atoms with Crippen LogP contribution in [0.5, 0.6) is 11.5 Å². The molecule has 3 N–H and O–H groups in total. The number of rotatable bonds is 9. The van der Waals surface area contributed by atoms with Crippen molar-refractivity contribution >= 4 is 22.1 Å². The molecule has 0 bridgehead atoms. The molecule has 0 aliphatic heterocycles. The molecule has 0 aliphatic rings. The van der Waals surface area contributed by atoms with Crippen molar-refractivity contribution < 1.29 is 23.1 Å². The molecule has 0 saturated heterocycles. The van der Waals surface area contributed by atoms with Crippen LogP contribution in [0.4, 0.5) is 0 Å². The van der Waals surface area contributed by atoms with E-state index in [1.807, 2.05) is 6.92 Å². The van der Waals surface area contributed by atoms with Crippen LogP contribution < -0.4 is 14.9 Å². The summed E-state index contributed by atoms with van der Waals surface area (Å²) >= 11 is 0. The Labute approximate surface area is 193 Å². The highest BCUT2D eigenvalue weighted by atomic mass is 32.2. The maximum absolute atomic E-state index is 12.9. The maximum Gasteiger partial charge on any atom is 0.242 e. The Hall–Kier alpha value is -3.69. The molecule has 0 saturated carbocycles. The van der Waals surface area contributed by atoms with Crippen LogP contribution in [0.1, 0.15) is 29.2 Å². The van der Waals surface area contributed by atoms with Crippen LogP contribution >= 0.6 is 0 Å². The number of sulfonamides is 1. The maximum atomic E-state index is 12.9. The van der Waals surface area contributed by atoms with Crippen molar-refractivity contribution in [3.8, 4) is 11.5 Å². The predicted molar refractivity (Wildman–Crippen MR) is 126 cm³/mol. The molecule has 0 fully saturated rings. The van der Waals surface area contributed by atoms with Crippen molar-refractivity contribution in [1.29, 1.82) is 0 Å². The molecule has 0 spiro atoms. The summed E-state index contributed by atoms with van der Waals surface area (Å²) in [6.45, 7) is 1.87. The SMILES string of the molecule is COc1cccc(/C=N/NC(=O)CC(NS(=O)(=O)c2ccc(C)cc2)c2ccccc2)c1O. The first-order chi connectivity index (χ1) is 15.8. The molecule has 0 aliphatic carbocycles. The highest BCUT2D eigenvalue weighted by molar-refractivity contribution is 7.89. The van der Waals surface area contributed by atoms with Crippen LogP contribution in [0.25, 0.3) is 0 Å². The van der Waals surface area contributed by atoms with Crippen LogP contribution in [0, 0.1) is 6.92 Å². The van der Waals surface area contributed by atoms with Gasteiger partial charge in [0.15, 0.2) is 11.5 Å². The number of benzene rings is 3. The lowest BCUT2D eigenvalue weighted by Gasteiger charge is -2.18. The number of carbonyl (C=O) groups excluding carboxylic acids is 1. The van der Waals surface area contributed by atoms with E-state index in [0.29, 0.717) is 11.1 Å². The number of amides is 1. The molecule has 9 heteroatoms. The van der Waals surface area contributed by atoms with Crippen molar-refractivity contribution in [1.82, 2.24) is 10.1 Å². The summed E-state index contributed by atoms with van der Waals surface area (Å²) in [4.78, 5) is 12.7. The summed E-state index contributed by atoms with van der Waals surface area (Å²) in [7, 11) is -2.43. The average Bonchev–Trinajstić information content (AvgIpc) is 2.80. The molecular formula is C24H25N3O5S. The first-order valence-corrected chi connectivity index (χ1v) is 11.6. The number of methoxy groups -OCH3 is 1. The van der Waals surface area contributed by atoms with Gasteiger partial charge in [-0.05, 0) is 36.8 Å². The third-order valence-corrected chi connectivity index (χ3v) is 6.35. The standard InChI is InChI=1S/C24H25N3O5S/c1-17-11-13-20(14-12-17)33(30,31)27-21(18-7-4-3-5-8-18)15-23(28)26-25-16-19-9-6-10-22(32-2)24(19)29/h3-14,16,21,27,29H,15H2,1-2H3,(H,26,28)/b25-16+. The lowest BCUT2D eigenvalue weighted by molar-refractivity contribution is -0.121. The zero-order valence-electron chi connectivity index (χ0n) is 18.2. The number of hydrogen-bond acceptors (Lipinski definition) is 6. The number of ether oxygens (including phenoxy) is 1. The van der Waals surface area contributed by atoms with Gasteiger partial charge < -0.3 is 9.84 Å². The highest BCUT2D eigenvalue weighted by Gasteiger charge is 2.23. The number of aromatic hydroxyl groups is 1.